The molecule has 0 saturated heterocycles. The molecule has 0 radical (unpaired) electrons. The molecule has 1 saturated carbocycles. The number of halogens is 1. The number of aliphatic carboxylic acids is 1. The van der Waals surface area contributed by atoms with Gasteiger partial charge in [0.15, 0.2) is 0 Å². The van der Waals surface area contributed by atoms with Crippen molar-refractivity contribution in [1.29, 1.82) is 0 Å². The van der Waals surface area contributed by atoms with Gasteiger partial charge in [0, 0.05) is 6.20 Å². The summed E-state index contributed by atoms with van der Waals surface area (Å²) in [6.07, 6.45) is 3.86. The van der Waals surface area contributed by atoms with Gasteiger partial charge in [-0.3, -0.25) is 15.1 Å². The van der Waals surface area contributed by atoms with Crippen LogP contribution in [0.25, 0.3) is 0 Å². The van der Waals surface area contributed by atoms with E-state index in [1.54, 1.807) is 0 Å². The van der Waals surface area contributed by atoms with Crippen LogP contribution in [0, 0.1) is 16.0 Å². The lowest BCUT2D eigenvalue weighted by atomic mass is 10.1. The molecule has 1 unspecified atom stereocenters. The Morgan fingerprint density at radius 1 is 1.61 bits per heavy atom. The zero-order chi connectivity index (χ0) is 13.3. The van der Waals surface area contributed by atoms with Crippen LogP contribution < -0.4 is 5.32 Å². The molecule has 1 fully saturated rings. The normalized spacial score (nSPS) is 16.1. The Balaban J connectivity index is 2.32. The maximum Gasteiger partial charge on any atom is 0.326 e. The zero-order valence-corrected chi connectivity index (χ0v) is 9.92. The van der Waals surface area contributed by atoms with Crippen molar-refractivity contribution in [3.63, 3.8) is 0 Å². The van der Waals surface area contributed by atoms with Crippen LogP contribution in [0.2, 0.25) is 5.02 Å². The number of hydrogen-bond donors (Lipinski definition) is 2. The van der Waals surface area contributed by atoms with Gasteiger partial charge >= 0.3 is 11.7 Å². The highest BCUT2D eigenvalue weighted by Crippen LogP contribution is 2.38. The summed E-state index contributed by atoms with van der Waals surface area (Å²) in [4.78, 5) is 24.9. The van der Waals surface area contributed by atoms with Gasteiger partial charge in [0.25, 0.3) is 0 Å². The summed E-state index contributed by atoms with van der Waals surface area (Å²) in [5.74, 6) is -1.05. The number of carboxylic acid groups (broad SMARTS) is 1. The fourth-order valence-electron chi connectivity index (χ4n) is 1.67. The number of aromatic nitrogens is 1. The van der Waals surface area contributed by atoms with E-state index in [0.717, 1.165) is 19.0 Å². The lowest BCUT2D eigenvalue weighted by Crippen LogP contribution is -2.31. The molecule has 1 atom stereocenters. The molecule has 8 heteroatoms. The van der Waals surface area contributed by atoms with Crippen molar-refractivity contribution in [3.8, 4) is 0 Å². The highest BCUT2D eigenvalue weighted by atomic mass is 35.5. The number of carbonyl (C=O) groups is 1. The largest absolute Gasteiger partial charge is 0.480 e. The maximum absolute atomic E-state index is 11.1. The van der Waals surface area contributed by atoms with Gasteiger partial charge in [-0.1, -0.05) is 11.6 Å². The Hall–Kier alpha value is -1.89. The van der Waals surface area contributed by atoms with Crippen molar-refractivity contribution in [2.45, 2.75) is 18.9 Å². The summed E-state index contributed by atoms with van der Waals surface area (Å²) in [6, 6.07) is -0.858. The molecule has 0 aliphatic heterocycles. The minimum atomic E-state index is -1.04. The second-order valence-corrected chi connectivity index (χ2v) is 4.48. The summed E-state index contributed by atoms with van der Waals surface area (Å²) in [5.41, 5.74) is -0.314. The molecule has 0 amide bonds. The SMILES string of the molecule is O=C(O)C(Nc1c(Cl)cncc1[N+](=O)[O-])C1CC1. The summed E-state index contributed by atoms with van der Waals surface area (Å²) in [6.45, 7) is 0. The molecule has 7 nitrogen and oxygen atoms in total. The minimum Gasteiger partial charge on any atom is -0.480 e. The Kier molecular flexibility index (Phi) is 3.33. The molecule has 2 rings (SSSR count). The van der Waals surface area contributed by atoms with Gasteiger partial charge in [-0.2, -0.15) is 0 Å². The van der Waals surface area contributed by atoms with Gasteiger partial charge in [-0.15, -0.1) is 0 Å². The Labute approximate surface area is 107 Å². The van der Waals surface area contributed by atoms with Gasteiger partial charge in [0.2, 0.25) is 0 Å². The van der Waals surface area contributed by atoms with Crippen molar-refractivity contribution in [2.75, 3.05) is 5.32 Å². The second-order valence-electron chi connectivity index (χ2n) is 4.07. The highest BCUT2D eigenvalue weighted by molar-refractivity contribution is 6.33. The smallest absolute Gasteiger partial charge is 0.326 e. The van der Waals surface area contributed by atoms with Crippen LogP contribution in [0.5, 0.6) is 0 Å². The fourth-order valence-corrected chi connectivity index (χ4v) is 1.88. The van der Waals surface area contributed by atoms with E-state index in [4.69, 9.17) is 16.7 Å². The van der Waals surface area contributed by atoms with Crippen LogP contribution in [-0.2, 0) is 4.79 Å². The number of nitrogens with zero attached hydrogens (tertiary/aromatic N) is 2. The lowest BCUT2D eigenvalue weighted by molar-refractivity contribution is -0.384. The number of hydrogen-bond acceptors (Lipinski definition) is 5. The van der Waals surface area contributed by atoms with Crippen LogP contribution in [0.3, 0.4) is 0 Å². The Bertz CT molecular complexity index is 504. The first-order valence-electron chi connectivity index (χ1n) is 5.28. The highest BCUT2D eigenvalue weighted by Gasteiger charge is 2.37. The third-order valence-corrected chi connectivity index (χ3v) is 3.02. The number of nitro groups is 1. The van der Waals surface area contributed by atoms with Gasteiger partial charge in [0.1, 0.15) is 17.9 Å². The fraction of sp³-hybridized carbons (Fsp3) is 0.400. The van der Waals surface area contributed by atoms with Crippen molar-refractivity contribution in [2.24, 2.45) is 5.92 Å². The molecule has 0 spiro atoms. The van der Waals surface area contributed by atoms with Gasteiger partial charge in [0.05, 0.1) is 9.95 Å². The van der Waals surface area contributed by atoms with Crippen LogP contribution in [0.1, 0.15) is 12.8 Å². The van der Waals surface area contributed by atoms with Crippen molar-refractivity contribution >= 4 is 28.9 Å². The Morgan fingerprint density at radius 2 is 2.28 bits per heavy atom. The predicted molar refractivity (Wildman–Crippen MR) is 63.7 cm³/mol. The van der Waals surface area contributed by atoms with Crippen LogP contribution in [0.15, 0.2) is 12.4 Å². The number of carboxylic acids is 1. The summed E-state index contributed by atoms with van der Waals surface area (Å²) >= 11 is 5.82. The molecule has 1 heterocycles. The topological polar surface area (TPSA) is 105 Å². The van der Waals surface area contributed by atoms with E-state index < -0.39 is 16.9 Å². The third-order valence-electron chi connectivity index (χ3n) is 2.74. The van der Waals surface area contributed by atoms with Crippen LogP contribution in [0.4, 0.5) is 11.4 Å². The molecule has 1 aliphatic carbocycles. The van der Waals surface area contributed by atoms with E-state index in [9.17, 15) is 14.9 Å². The third kappa shape index (κ3) is 2.51. The average molecular weight is 272 g/mol. The predicted octanol–water partition coefficient (Wildman–Crippen LogP) is 1.92. The van der Waals surface area contributed by atoms with E-state index in [1.807, 2.05) is 0 Å². The monoisotopic (exact) mass is 271 g/mol. The maximum atomic E-state index is 11.1. The summed E-state index contributed by atoms with van der Waals surface area (Å²) in [7, 11) is 0. The van der Waals surface area contributed by atoms with E-state index in [1.165, 1.54) is 6.20 Å². The Morgan fingerprint density at radius 3 is 2.78 bits per heavy atom. The standard InChI is InChI=1S/C10H10ClN3O4/c11-6-3-12-4-7(14(17)18)9(6)13-8(10(15)16)5-1-2-5/h3-5,8H,1-2H2,(H,12,13)(H,15,16). The van der Waals surface area contributed by atoms with E-state index in [2.05, 4.69) is 10.3 Å². The minimum absolute atomic E-state index is 0.00802. The van der Waals surface area contributed by atoms with Gasteiger partial charge < -0.3 is 10.4 Å². The molecule has 1 aromatic rings. The van der Waals surface area contributed by atoms with E-state index in [0.29, 0.717) is 0 Å². The lowest BCUT2D eigenvalue weighted by Gasteiger charge is -2.15. The molecule has 1 aliphatic rings. The molecule has 0 aromatic carbocycles. The van der Waals surface area contributed by atoms with Crippen molar-refractivity contribution < 1.29 is 14.8 Å². The van der Waals surface area contributed by atoms with E-state index >= 15 is 0 Å². The molecule has 2 N–H and O–H groups in total. The number of nitrogens with one attached hydrogen (secondary N) is 1. The first-order chi connectivity index (χ1) is 8.50. The number of anilines is 1. The van der Waals surface area contributed by atoms with E-state index in [-0.39, 0.29) is 22.3 Å². The van der Waals surface area contributed by atoms with Crippen LogP contribution >= 0.6 is 11.6 Å². The second kappa shape index (κ2) is 4.77. The molecule has 96 valence electrons. The number of pyridine rings is 1. The summed E-state index contributed by atoms with van der Waals surface area (Å²) in [5, 5.41) is 22.6. The zero-order valence-electron chi connectivity index (χ0n) is 9.17. The van der Waals surface area contributed by atoms with Gasteiger partial charge in [-0.05, 0) is 18.8 Å². The molecular formula is C10H10ClN3O4. The molecule has 18 heavy (non-hydrogen) atoms. The average Bonchev–Trinajstić information content (AvgIpc) is 3.10. The first kappa shape index (κ1) is 12.6. The molecule has 1 aromatic heterocycles. The molecule has 0 bridgehead atoms. The summed E-state index contributed by atoms with van der Waals surface area (Å²) < 4.78 is 0. The quantitative estimate of drug-likeness (QED) is 0.626. The first-order valence-corrected chi connectivity index (χ1v) is 5.65. The number of rotatable bonds is 5. The van der Waals surface area contributed by atoms with Gasteiger partial charge in [-0.25, -0.2) is 4.79 Å². The van der Waals surface area contributed by atoms with Crippen molar-refractivity contribution in [1.82, 2.24) is 4.98 Å². The van der Waals surface area contributed by atoms with Crippen molar-refractivity contribution in [3.05, 3.63) is 27.5 Å². The molecular weight excluding hydrogens is 262 g/mol. The van der Waals surface area contributed by atoms with Crippen LogP contribution in [-0.4, -0.2) is 27.0 Å².